The highest BCUT2D eigenvalue weighted by Crippen LogP contribution is 2.30. The number of rotatable bonds is 6. The number of halogens is 1. The van der Waals surface area contributed by atoms with E-state index in [0.717, 1.165) is 15.1 Å². The molecule has 0 spiro atoms. The molecule has 0 aliphatic rings. The topological polar surface area (TPSA) is 47.6 Å². The van der Waals surface area contributed by atoms with Crippen LogP contribution in [-0.4, -0.2) is 0 Å². The number of nitriles is 2. The number of allylic oxidation sites excluding steroid dienone is 1. The molecule has 0 unspecified atom stereocenters. The van der Waals surface area contributed by atoms with E-state index in [9.17, 15) is 0 Å². The Balaban J connectivity index is 2.68. The number of unbranched alkanes of at least 4 members (excludes halogenated alkanes) is 3. The average molecular weight is 323 g/mol. The molecule has 4 heteroatoms. The van der Waals surface area contributed by atoms with Crippen LogP contribution >= 0.6 is 27.3 Å². The maximum Gasteiger partial charge on any atom is 0.131 e. The Hall–Kier alpha value is -1.10. The van der Waals surface area contributed by atoms with Crippen LogP contribution in [0.15, 0.2) is 15.4 Å². The minimum Gasteiger partial charge on any atom is -0.192 e. The summed E-state index contributed by atoms with van der Waals surface area (Å²) in [5, 5.41) is 17.4. The predicted molar refractivity (Wildman–Crippen MR) is 79.1 cm³/mol. The summed E-state index contributed by atoms with van der Waals surface area (Å²) < 4.78 is 1.11. The van der Waals surface area contributed by atoms with Crippen LogP contribution in [0.1, 0.15) is 43.0 Å². The highest BCUT2D eigenvalue weighted by Gasteiger charge is 2.06. The molecule has 0 radical (unpaired) electrons. The summed E-state index contributed by atoms with van der Waals surface area (Å²) in [7, 11) is 0. The molecule has 0 saturated carbocycles. The summed E-state index contributed by atoms with van der Waals surface area (Å²) in [5.41, 5.74) is 1.43. The maximum absolute atomic E-state index is 8.72. The number of thiophene rings is 1. The molecule has 0 amide bonds. The van der Waals surface area contributed by atoms with Crippen molar-refractivity contribution in [2.24, 2.45) is 0 Å². The Morgan fingerprint density at radius 3 is 2.67 bits per heavy atom. The average Bonchev–Trinajstić information content (AvgIpc) is 2.72. The fourth-order valence-corrected chi connectivity index (χ4v) is 3.39. The van der Waals surface area contributed by atoms with Crippen LogP contribution in [0.4, 0.5) is 0 Å². The molecule has 1 heterocycles. The second kappa shape index (κ2) is 8.08. The highest BCUT2D eigenvalue weighted by molar-refractivity contribution is 9.11. The zero-order valence-electron chi connectivity index (χ0n) is 10.4. The van der Waals surface area contributed by atoms with Crippen LogP contribution in [-0.2, 0) is 6.42 Å². The van der Waals surface area contributed by atoms with Gasteiger partial charge < -0.3 is 0 Å². The van der Waals surface area contributed by atoms with Gasteiger partial charge >= 0.3 is 0 Å². The molecule has 0 aliphatic heterocycles. The normalized spacial score (nSPS) is 9.56. The molecule has 1 aromatic rings. The van der Waals surface area contributed by atoms with E-state index in [-0.39, 0.29) is 5.57 Å². The van der Waals surface area contributed by atoms with Crippen molar-refractivity contribution in [2.45, 2.75) is 39.0 Å². The largest absolute Gasteiger partial charge is 0.192 e. The van der Waals surface area contributed by atoms with Crippen molar-refractivity contribution in [1.82, 2.24) is 0 Å². The van der Waals surface area contributed by atoms with Gasteiger partial charge in [-0.05, 0) is 46.5 Å². The van der Waals surface area contributed by atoms with E-state index in [4.69, 9.17) is 10.5 Å². The molecule has 0 N–H and O–H groups in total. The van der Waals surface area contributed by atoms with Gasteiger partial charge in [0.1, 0.15) is 17.7 Å². The standard InChI is InChI=1S/C14H15BrN2S/c1-2-3-4-5-6-12-8-13(18-14(12)15)7-11(9-16)10-17/h7-8H,2-6H2,1H3. The molecule has 0 bridgehead atoms. The third-order valence-electron chi connectivity index (χ3n) is 2.60. The lowest BCUT2D eigenvalue weighted by Crippen LogP contribution is -1.83. The molecule has 0 fully saturated rings. The van der Waals surface area contributed by atoms with E-state index < -0.39 is 0 Å². The minimum absolute atomic E-state index is 0.154. The minimum atomic E-state index is 0.154. The van der Waals surface area contributed by atoms with Gasteiger partial charge in [0.15, 0.2) is 0 Å². The second-order valence-corrected chi connectivity index (χ2v) is 6.44. The van der Waals surface area contributed by atoms with Gasteiger partial charge in [-0.1, -0.05) is 26.2 Å². The van der Waals surface area contributed by atoms with Crippen LogP contribution in [0.3, 0.4) is 0 Å². The zero-order valence-corrected chi connectivity index (χ0v) is 12.8. The van der Waals surface area contributed by atoms with Crippen LogP contribution in [0.25, 0.3) is 6.08 Å². The van der Waals surface area contributed by atoms with Gasteiger partial charge in [0, 0.05) is 4.88 Å². The molecule has 0 aliphatic carbocycles. The number of hydrogen-bond donors (Lipinski definition) is 0. The van der Waals surface area contributed by atoms with Gasteiger partial charge in [0.05, 0.1) is 3.79 Å². The van der Waals surface area contributed by atoms with Crippen molar-refractivity contribution in [3.63, 3.8) is 0 Å². The van der Waals surface area contributed by atoms with Gasteiger partial charge in [0.2, 0.25) is 0 Å². The fourth-order valence-electron chi connectivity index (χ4n) is 1.64. The first-order chi connectivity index (χ1) is 8.71. The van der Waals surface area contributed by atoms with Gasteiger partial charge in [-0.3, -0.25) is 0 Å². The molecule has 1 aromatic heterocycles. The second-order valence-electron chi connectivity index (χ2n) is 4.04. The number of aryl methyl sites for hydroxylation is 1. The monoisotopic (exact) mass is 322 g/mol. The predicted octanol–water partition coefficient (Wildman–Crippen LogP) is 5.06. The van der Waals surface area contributed by atoms with E-state index in [1.807, 2.05) is 12.1 Å². The van der Waals surface area contributed by atoms with E-state index >= 15 is 0 Å². The molecule has 0 atom stereocenters. The molecular formula is C14H15BrN2S. The Morgan fingerprint density at radius 1 is 1.33 bits per heavy atom. The molecule has 18 heavy (non-hydrogen) atoms. The molecule has 1 rings (SSSR count). The third kappa shape index (κ3) is 4.64. The molecule has 0 saturated heterocycles. The summed E-state index contributed by atoms with van der Waals surface area (Å²) in [5.74, 6) is 0. The van der Waals surface area contributed by atoms with Gasteiger partial charge in [0.25, 0.3) is 0 Å². The first-order valence-corrected chi connectivity index (χ1v) is 7.62. The van der Waals surface area contributed by atoms with Crippen LogP contribution in [0.5, 0.6) is 0 Å². The Kier molecular flexibility index (Phi) is 6.72. The number of nitrogens with zero attached hydrogens (tertiary/aromatic N) is 2. The lowest BCUT2D eigenvalue weighted by Gasteiger charge is -1.98. The summed E-state index contributed by atoms with van der Waals surface area (Å²) in [4.78, 5) is 0.963. The van der Waals surface area contributed by atoms with Crippen LogP contribution < -0.4 is 0 Å². The van der Waals surface area contributed by atoms with Crippen molar-refractivity contribution in [3.05, 3.63) is 25.9 Å². The van der Waals surface area contributed by atoms with Gasteiger partial charge in [-0.2, -0.15) is 10.5 Å². The Labute approximate surface area is 121 Å². The number of hydrogen-bond acceptors (Lipinski definition) is 3. The third-order valence-corrected chi connectivity index (χ3v) is 4.51. The molecule has 2 nitrogen and oxygen atoms in total. The van der Waals surface area contributed by atoms with Crippen molar-refractivity contribution >= 4 is 33.3 Å². The van der Waals surface area contributed by atoms with Gasteiger partial charge in [-0.15, -0.1) is 11.3 Å². The van der Waals surface area contributed by atoms with Crippen molar-refractivity contribution < 1.29 is 0 Å². The van der Waals surface area contributed by atoms with Crippen molar-refractivity contribution in [3.8, 4) is 12.1 Å². The van der Waals surface area contributed by atoms with Crippen molar-refractivity contribution in [1.29, 1.82) is 10.5 Å². The lowest BCUT2D eigenvalue weighted by atomic mass is 10.1. The first kappa shape index (κ1) is 15.0. The lowest BCUT2D eigenvalue weighted by molar-refractivity contribution is 0.667. The molecular weight excluding hydrogens is 308 g/mol. The first-order valence-electron chi connectivity index (χ1n) is 6.01. The SMILES string of the molecule is CCCCCCc1cc(C=C(C#N)C#N)sc1Br. The molecule has 94 valence electrons. The fraction of sp³-hybridized carbons (Fsp3) is 0.429. The maximum atomic E-state index is 8.72. The summed E-state index contributed by atoms with van der Waals surface area (Å²) in [6.45, 7) is 2.20. The van der Waals surface area contributed by atoms with Gasteiger partial charge in [-0.25, -0.2) is 0 Å². The summed E-state index contributed by atoms with van der Waals surface area (Å²) >= 11 is 5.12. The van der Waals surface area contributed by atoms with Crippen molar-refractivity contribution in [2.75, 3.05) is 0 Å². The smallest absolute Gasteiger partial charge is 0.131 e. The van der Waals surface area contributed by atoms with E-state index in [1.54, 1.807) is 17.4 Å². The Bertz CT molecular complexity index is 487. The summed E-state index contributed by atoms with van der Waals surface area (Å²) in [6, 6.07) is 5.83. The quantitative estimate of drug-likeness (QED) is 0.542. The van der Waals surface area contributed by atoms with Crippen LogP contribution in [0, 0.1) is 22.7 Å². The Morgan fingerprint density at radius 2 is 2.06 bits per heavy atom. The van der Waals surface area contributed by atoms with E-state index in [2.05, 4.69) is 28.9 Å². The zero-order chi connectivity index (χ0) is 13.4. The van der Waals surface area contributed by atoms with Crippen LogP contribution in [0.2, 0.25) is 0 Å². The highest BCUT2D eigenvalue weighted by atomic mass is 79.9. The molecule has 0 aromatic carbocycles. The van der Waals surface area contributed by atoms with E-state index in [0.29, 0.717) is 0 Å². The van der Waals surface area contributed by atoms with E-state index in [1.165, 1.54) is 31.2 Å². The summed E-state index contributed by atoms with van der Waals surface area (Å²) in [6.07, 6.45) is 7.67.